The number of aromatic nitrogens is 1. The van der Waals surface area contributed by atoms with Crippen LogP contribution in [0.3, 0.4) is 0 Å². The molecule has 102 valence electrons. The normalized spacial score (nSPS) is 14.2. The highest BCUT2D eigenvalue weighted by molar-refractivity contribution is 5.20. The standard InChI is InChI=1S/C15H26N2O/c1-5-12(3)9-14(6-2)17-11-13-7-8-16-15(10-13)18-4/h7-8,10,12,14,17H,5-6,9,11H2,1-4H3. The second kappa shape index (κ2) is 8.09. The molecule has 18 heavy (non-hydrogen) atoms. The zero-order chi connectivity index (χ0) is 13.4. The number of nitrogens with zero attached hydrogens (tertiary/aromatic N) is 1. The van der Waals surface area contributed by atoms with Crippen molar-refractivity contribution >= 4 is 0 Å². The van der Waals surface area contributed by atoms with Gasteiger partial charge in [0.15, 0.2) is 0 Å². The van der Waals surface area contributed by atoms with Crippen molar-refractivity contribution in [3.05, 3.63) is 23.9 Å². The van der Waals surface area contributed by atoms with Gasteiger partial charge in [0.05, 0.1) is 7.11 Å². The Labute approximate surface area is 111 Å². The molecule has 1 N–H and O–H groups in total. The fraction of sp³-hybridized carbons (Fsp3) is 0.667. The predicted molar refractivity (Wildman–Crippen MR) is 75.8 cm³/mol. The number of ether oxygens (including phenoxy) is 1. The van der Waals surface area contributed by atoms with Gasteiger partial charge < -0.3 is 10.1 Å². The molecule has 0 saturated carbocycles. The summed E-state index contributed by atoms with van der Waals surface area (Å²) >= 11 is 0. The Bertz CT molecular complexity index is 341. The maximum Gasteiger partial charge on any atom is 0.213 e. The Morgan fingerprint density at radius 3 is 2.72 bits per heavy atom. The fourth-order valence-corrected chi connectivity index (χ4v) is 1.98. The number of nitrogens with one attached hydrogen (secondary N) is 1. The molecule has 1 heterocycles. The van der Waals surface area contributed by atoms with Crippen molar-refractivity contribution in [2.45, 2.75) is 52.6 Å². The van der Waals surface area contributed by atoms with Crippen LogP contribution in [0.1, 0.15) is 45.6 Å². The summed E-state index contributed by atoms with van der Waals surface area (Å²) in [5.41, 5.74) is 1.23. The zero-order valence-electron chi connectivity index (χ0n) is 12.1. The van der Waals surface area contributed by atoms with Crippen molar-refractivity contribution in [2.24, 2.45) is 5.92 Å². The van der Waals surface area contributed by atoms with Crippen molar-refractivity contribution in [1.82, 2.24) is 10.3 Å². The van der Waals surface area contributed by atoms with E-state index in [1.54, 1.807) is 13.3 Å². The molecule has 0 aromatic carbocycles. The van der Waals surface area contributed by atoms with Crippen molar-refractivity contribution in [1.29, 1.82) is 0 Å². The summed E-state index contributed by atoms with van der Waals surface area (Å²) < 4.78 is 5.13. The third kappa shape index (κ3) is 5.05. The van der Waals surface area contributed by atoms with E-state index in [1.165, 1.54) is 24.8 Å². The molecule has 0 aliphatic heterocycles. The monoisotopic (exact) mass is 250 g/mol. The summed E-state index contributed by atoms with van der Waals surface area (Å²) in [6.07, 6.45) is 5.47. The van der Waals surface area contributed by atoms with Crippen molar-refractivity contribution in [2.75, 3.05) is 7.11 Å². The van der Waals surface area contributed by atoms with E-state index >= 15 is 0 Å². The van der Waals surface area contributed by atoms with Gasteiger partial charge in [-0.25, -0.2) is 4.98 Å². The summed E-state index contributed by atoms with van der Waals surface area (Å²) in [7, 11) is 1.65. The largest absolute Gasteiger partial charge is 0.481 e. The molecule has 3 nitrogen and oxygen atoms in total. The molecular weight excluding hydrogens is 224 g/mol. The van der Waals surface area contributed by atoms with Gasteiger partial charge in [0.2, 0.25) is 5.88 Å². The average Bonchev–Trinajstić information content (AvgIpc) is 2.43. The van der Waals surface area contributed by atoms with Gasteiger partial charge in [-0.15, -0.1) is 0 Å². The smallest absolute Gasteiger partial charge is 0.213 e. The number of methoxy groups -OCH3 is 1. The lowest BCUT2D eigenvalue weighted by molar-refractivity contribution is 0.381. The Morgan fingerprint density at radius 2 is 2.11 bits per heavy atom. The van der Waals surface area contributed by atoms with E-state index in [2.05, 4.69) is 31.1 Å². The quantitative estimate of drug-likeness (QED) is 0.768. The lowest BCUT2D eigenvalue weighted by Crippen LogP contribution is -2.29. The summed E-state index contributed by atoms with van der Waals surface area (Å²) in [4.78, 5) is 4.12. The van der Waals surface area contributed by atoms with Gasteiger partial charge in [-0.1, -0.05) is 27.2 Å². The Hall–Kier alpha value is -1.09. The topological polar surface area (TPSA) is 34.2 Å². The van der Waals surface area contributed by atoms with Crippen LogP contribution in [0.4, 0.5) is 0 Å². The molecule has 1 rings (SSSR count). The molecular formula is C15H26N2O. The molecule has 0 radical (unpaired) electrons. The summed E-state index contributed by atoms with van der Waals surface area (Å²) in [5, 5.41) is 3.62. The van der Waals surface area contributed by atoms with Gasteiger partial charge in [-0.2, -0.15) is 0 Å². The van der Waals surface area contributed by atoms with Crippen molar-refractivity contribution < 1.29 is 4.74 Å². The van der Waals surface area contributed by atoms with Crippen LogP contribution in [0.2, 0.25) is 0 Å². The van der Waals surface area contributed by atoms with Crippen LogP contribution in [-0.4, -0.2) is 18.1 Å². The molecule has 0 saturated heterocycles. The average molecular weight is 250 g/mol. The first-order valence-electron chi connectivity index (χ1n) is 6.91. The van der Waals surface area contributed by atoms with E-state index in [0.717, 1.165) is 12.5 Å². The summed E-state index contributed by atoms with van der Waals surface area (Å²) in [6, 6.07) is 4.62. The van der Waals surface area contributed by atoms with E-state index in [4.69, 9.17) is 4.74 Å². The molecule has 2 unspecified atom stereocenters. The van der Waals surface area contributed by atoms with Gasteiger partial charge >= 0.3 is 0 Å². The molecule has 0 spiro atoms. The van der Waals surface area contributed by atoms with Crippen molar-refractivity contribution in [3.8, 4) is 5.88 Å². The molecule has 1 aromatic rings. The number of hydrogen-bond acceptors (Lipinski definition) is 3. The van der Waals surface area contributed by atoms with E-state index < -0.39 is 0 Å². The third-order valence-electron chi connectivity index (χ3n) is 3.48. The molecule has 0 amide bonds. The molecule has 1 aromatic heterocycles. The molecule has 0 fully saturated rings. The van der Waals surface area contributed by atoms with Crippen LogP contribution < -0.4 is 10.1 Å². The highest BCUT2D eigenvalue weighted by atomic mass is 16.5. The Kier molecular flexibility index (Phi) is 6.73. The van der Waals surface area contributed by atoms with Crippen LogP contribution in [0.15, 0.2) is 18.3 Å². The number of pyridine rings is 1. The minimum absolute atomic E-state index is 0.596. The molecule has 3 heteroatoms. The van der Waals surface area contributed by atoms with Crippen molar-refractivity contribution in [3.63, 3.8) is 0 Å². The minimum atomic E-state index is 0.596. The van der Waals surface area contributed by atoms with Crippen LogP contribution in [0.25, 0.3) is 0 Å². The first-order valence-corrected chi connectivity index (χ1v) is 6.91. The molecule has 2 atom stereocenters. The van der Waals surface area contributed by atoms with E-state index in [-0.39, 0.29) is 0 Å². The number of rotatable bonds is 8. The lowest BCUT2D eigenvalue weighted by atomic mass is 9.97. The van der Waals surface area contributed by atoms with Gasteiger partial charge in [0.25, 0.3) is 0 Å². The first kappa shape index (κ1) is 15.0. The lowest BCUT2D eigenvalue weighted by Gasteiger charge is -2.20. The number of hydrogen-bond donors (Lipinski definition) is 1. The van der Waals surface area contributed by atoms with Crippen LogP contribution in [0.5, 0.6) is 5.88 Å². The van der Waals surface area contributed by atoms with Crippen LogP contribution in [0, 0.1) is 5.92 Å². The maximum absolute atomic E-state index is 5.13. The molecule has 0 bridgehead atoms. The maximum atomic E-state index is 5.13. The van der Waals surface area contributed by atoms with E-state index in [9.17, 15) is 0 Å². The van der Waals surface area contributed by atoms with Gasteiger partial charge in [-0.3, -0.25) is 0 Å². The molecule has 0 aliphatic carbocycles. The van der Waals surface area contributed by atoms with Gasteiger partial charge in [-0.05, 0) is 30.4 Å². The second-order valence-electron chi connectivity index (χ2n) is 4.94. The Morgan fingerprint density at radius 1 is 1.33 bits per heavy atom. The highest BCUT2D eigenvalue weighted by Gasteiger charge is 2.09. The minimum Gasteiger partial charge on any atom is -0.481 e. The zero-order valence-corrected chi connectivity index (χ0v) is 12.1. The first-order chi connectivity index (χ1) is 8.69. The van der Waals surface area contributed by atoms with Gasteiger partial charge in [0, 0.05) is 24.8 Å². The predicted octanol–water partition coefficient (Wildman–Crippen LogP) is 3.39. The van der Waals surface area contributed by atoms with Crippen LogP contribution >= 0.6 is 0 Å². The highest BCUT2D eigenvalue weighted by Crippen LogP contribution is 2.13. The van der Waals surface area contributed by atoms with E-state index in [0.29, 0.717) is 11.9 Å². The fourth-order valence-electron chi connectivity index (χ4n) is 1.98. The summed E-state index contributed by atoms with van der Waals surface area (Å²) in [5.74, 6) is 1.47. The SMILES string of the molecule is CCC(C)CC(CC)NCc1ccnc(OC)c1. The van der Waals surface area contributed by atoms with Gasteiger partial charge in [0.1, 0.15) is 0 Å². The Balaban J connectivity index is 2.46. The third-order valence-corrected chi connectivity index (χ3v) is 3.48. The van der Waals surface area contributed by atoms with Crippen LogP contribution in [-0.2, 0) is 6.54 Å². The van der Waals surface area contributed by atoms with E-state index in [1.807, 2.05) is 12.1 Å². The second-order valence-corrected chi connectivity index (χ2v) is 4.94. The summed E-state index contributed by atoms with van der Waals surface area (Å²) in [6.45, 7) is 7.70. The molecule has 0 aliphatic rings.